The van der Waals surface area contributed by atoms with E-state index in [0.29, 0.717) is 13.1 Å². The van der Waals surface area contributed by atoms with Crippen molar-refractivity contribution in [3.8, 4) is 0 Å². The molecule has 2 N–H and O–H groups in total. The molecule has 9 heteroatoms. The zero-order valence-corrected chi connectivity index (χ0v) is 12.6. The van der Waals surface area contributed by atoms with Gasteiger partial charge in [-0.1, -0.05) is 0 Å². The molecule has 116 valence electrons. The molecule has 9 nitrogen and oxygen atoms in total. The fraction of sp³-hybridized carbons (Fsp3) is 0.583. The minimum absolute atomic E-state index is 0.0244. The molecule has 1 heterocycles. The van der Waals surface area contributed by atoms with Crippen molar-refractivity contribution < 1.29 is 9.72 Å². The number of anilines is 2. The molecule has 0 saturated carbocycles. The largest absolute Gasteiger partial charge is 0.364 e. The predicted molar refractivity (Wildman–Crippen MR) is 79.2 cm³/mol. The number of rotatable bonds is 7. The Morgan fingerprint density at radius 1 is 1.43 bits per heavy atom. The zero-order chi connectivity index (χ0) is 16.0. The summed E-state index contributed by atoms with van der Waals surface area (Å²) in [6, 6.07) is -0.627. The van der Waals surface area contributed by atoms with E-state index in [1.165, 1.54) is 11.2 Å². The van der Waals surface area contributed by atoms with Gasteiger partial charge in [0.05, 0.1) is 4.92 Å². The number of likely N-dealkylation sites (N-methyl/N-ethyl adjacent to an activating group) is 1. The molecule has 0 radical (unpaired) electrons. The number of amides is 1. The standard InChI is InChI=1S/C12H20N6O3/c1-5-13-10-9(18(20)21)11(15-7-14-10)16-8(3)12(19)17(4)6-2/h7-8H,5-6H2,1-4H3,(H2,13,14,15,16). The molecule has 0 aromatic carbocycles. The summed E-state index contributed by atoms with van der Waals surface area (Å²) in [6.45, 7) is 6.33. The maximum Gasteiger partial charge on any atom is 0.353 e. The Morgan fingerprint density at radius 3 is 2.57 bits per heavy atom. The number of carbonyl (C=O) groups is 1. The lowest BCUT2D eigenvalue weighted by atomic mass is 10.3. The highest BCUT2D eigenvalue weighted by atomic mass is 16.6. The van der Waals surface area contributed by atoms with Crippen molar-refractivity contribution in [3.05, 3.63) is 16.4 Å². The van der Waals surface area contributed by atoms with Crippen LogP contribution in [0.4, 0.5) is 17.3 Å². The lowest BCUT2D eigenvalue weighted by molar-refractivity contribution is -0.383. The Kier molecular flexibility index (Phi) is 5.82. The molecular weight excluding hydrogens is 276 g/mol. The van der Waals surface area contributed by atoms with Crippen LogP contribution in [0.25, 0.3) is 0 Å². The Bertz CT molecular complexity index is 522. The lowest BCUT2D eigenvalue weighted by Crippen LogP contribution is -2.39. The van der Waals surface area contributed by atoms with Crippen molar-refractivity contribution in [2.45, 2.75) is 26.8 Å². The van der Waals surface area contributed by atoms with Crippen LogP contribution < -0.4 is 10.6 Å². The first-order valence-electron chi connectivity index (χ1n) is 6.67. The highest BCUT2D eigenvalue weighted by Gasteiger charge is 2.26. The van der Waals surface area contributed by atoms with E-state index in [-0.39, 0.29) is 23.2 Å². The van der Waals surface area contributed by atoms with Crippen molar-refractivity contribution in [1.29, 1.82) is 0 Å². The van der Waals surface area contributed by atoms with E-state index in [9.17, 15) is 14.9 Å². The maximum absolute atomic E-state index is 12.0. The second-order valence-electron chi connectivity index (χ2n) is 4.43. The van der Waals surface area contributed by atoms with E-state index in [1.54, 1.807) is 20.9 Å². The number of nitrogens with one attached hydrogen (secondary N) is 2. The van der Waals surface area contributed by atoms with Gasteiger partial charge in [0, 0.05) is 20.1 Å². The monoisotopic (exact) mass is 296 g/mol. The Hall–Kier alpha value is -2.45. The quantitative estimate of drug-likeness (QED) is 0.572. The summed E-state index contributed by atoms with van der Waals surface area (Å²) in [6.07, 6.45) is 1.22. The molecule has 0 spiro atoms. The van der Waals surface area contributed by atoms with Gasteiger partial charge in [-0.25, -0.2) is 9.97 Å². The van der Waals surface area contributed by atoms with Gasteiger partial charge in [-0.15, -0.1) is 0 Å². The van der Waals surface area contributed by atoms with Gasteiger partial charge in [0.15, 0.2) is 0 Å². The summed E-state index contributed by atoms with van der Waals surface area (Å²) in [7, 11) is 1.67. The third-order valence-corrected chi connectivity index (χ3v) is 2.92. The Morgan fingerprint density at radius 2 is 2.05 bits per heavy atom. The molecule has 1 unspecified atom stereocenters. The number of carbonyl (C=O) groups excluding carboxylic acids is 1. The van der Waals surface area contributed by atoms with Crippen LogP contribution in [0.5, 0.6) is 0 Å². The average molecular weight is 296 g/mol. The number of hydrogen-bond acceptors (Lipinski definition) is 7. The molecule has 21 heavy (non-hydrogen) atoms. The van der Waals surface area contributed by atoms with Crippen LogP contribution in [-0.4, -0.2) is 51.9 Å². The van der Waals surface area contributed by atoms with Gasteiger partial charge in [0.1, 0.15) is 12.4 Å². The fourth-order valence-corrected chi connectivity index (χ4v) is 1.71. The van der Waals surface area contributed by atoms with Gasteiger partial charge in [-0.3, -0.25) is 14.9 Å². The van der Waals surface area contributed by atoms with Gasteiger partial charge >= 0.3 is 5.69 Å². The number of nitrogens with zero attached hydrogens (tertiary/aromatic N) is 4. The number of hydrogen-bond donors (Lipinski definition) is 2. The molecule has 1 aromatic rings. The highest BCUT2D eigenvalue weighted by Crippen LogP contribution is 2.29. The van der Waals surface area contributed by atoms with Crippen molar-refractivity contribution in [3.63, 3.8) is 0 Å². The van der Waals surface area contributed by atoms with Crippen LogP contribution in [0.2, 0.25) is 0 Å². The minimum atomic E-state index is -0.627. The molecule has 1 aromatic heterocycles. The molecule has 0 fully saturated rings. The molecule has 1 atom stereocenters. The Labute approximate surface area is 122 Å². The van der Waals surface area contributed by atoms with E-state index < -0.39 is 11.0 Å². The third kappa shape index (κ3) is 4.01. The summed E-state index contributed by atoms with van der Waals surface area (Å²) >= 11 is 0. The zero-order valence-electron chi connectivity index (χ0n) is 12.6. The SMILES string of the molecule is CCNc1ncnc(NC(C)C(=O)N(C)CC)c1[N+](=O)[O-]. The highest BCUT2D eigenvalue weighted by molar-refractivity contribution is 5.85. The van der Waals surface area contributed by atoms with E-state index in [4.69, 9.17) is 0 Å². The van der Waals surface area contributed by atoms with E-state index in [2.05, 4.69) is 20.6 Å². The summed E-state index contributed by atoms with van der Waals surface area (Å²) in [5.41, 5.74) is -0.266. The van der Waals surface area contributed by atoms with Crippen LogP contribution in [-0.2, 0) is 4.79 Å². The van der Waals surface area contributed by atoms with Crippen LogP contribution in [0.3, 0.4) is 0 Å². The van der Waals surface area contributed by atoms with Crippen LogP contribution in [0, 0.1) is 10.1 Å². The first-order chi connectivity index (χ1) is 9.92. The molecule has 0 aliphatic heterocycles. The smallest absolute Gasteiger partial charge is 0.353 e. The summed E-state index contributed by atoms with van der Waals surface area (Å²) in [5.74, 6) is -0.0183. The van der Waals surface area contributed by atoms with Crippen molar-refractivity contribution in [2.24, 2.45) is 0 Å². The molecule has 0 aliphatic rings. The minimum Gasteiger partial charge on any atom is -0.364 e. The van der Waals surface area contributed by atoms with E-state index >= 15 is 0 Å². The molecule has 1 amide bonds. The van der Waals surface area contributed by atoms with Crippen molar-refractivity contribution in [1.82, 2.24) is 14.9 Å². The lowest BCUT2D eigenvalue weighted by Gasteiger charge is -2.20. The van der Waals surface area contributed by atoms with Gasteiger partial charge in [0.25, 0.3) is 0 Å². The summed E-state index contributed by atoms with van der Waals surface area (Å²) in [4.78, 5) is 31.9. The van der Waals surface area contributed by atoms with E-state index in [1.807, 2.05) is 6.92 Å². The maximum atomic E-state index is 12.0. The first-order valence-corrected chi connectivity index (χ1v) is 6.67. The van der Waals surface area contributed by atoms with E-state index in [0.717, 1.165) is 0 Å². The summed E-state index contributed by atoms with van der Waals surface area (Å²) in [5, 5.41) is 16.8. The molecule has 0 aliphatic carbocycles. The van der Waals surface area contributed by atoms with Crippen LogP contribution in [0.1, 0.15) is 20.8 Å². The van der Waals surface area contributed by atoms with Crippen LogP contribution >= 0.6 is 0 Å². The summed E-state index contributed by atoms with van der Waals surface area (Å²) < 4.78 is 0. The fourth-order valence-electron chi connectivity index (χ4n) is 1.71. The van der Waals surface area contributed by atoms with Gasteiger partial charge < -0.3 is 15.5 Å². The number of aromatic nitrogens is 2. The molecule has 0 saturated heterocycles. The molecule has 1 rings (SSSR count). The first kappa shape index (κ1) is 16.6. The topological polar surface area (TPSA) is 113 Å². The number of nitro groups is 1. The van der Waals surface area contributed by atoms with Crippen LogP contribution in [0.15, 0.2) is 6.33 Å². The molecule has 0 bridgehead atoms. The third-order valence-electron chi connectivity index (χ3n) is 2.92. The average Bonchev–Trinajstić information content (AvgIpc) is 2.45. The Balaban J connectivity index is 3.05. The predicted octanol–water partition coefficient (Wildman–Crippen LogP) is 1.10. The van der Waals surface area contributed by atoms with Crippen molar-refractivity contribution >= 4 is 23.2 Å². The van der Waals surface area contributed by atoms with Crippen molar-refractivity contribution in [2.75, 3.05) is 30.8 Å². The molecular formula is C12H20N6O3. The van der Waals surface area contributed by atoms with Gasteiger partial charge in [0.2, 0.25) is 17.5 Å². The second-order valence-corrected chi connectivity index (χ2v) is 4.43. The van der Waals surface area contributed by atoms with Gasteiger partial charge in [-0.2, -0.15) is 0 Å². The van der Waals surface area contributed by atoms with Gasteiger partial charge in [-0.05, 0) is 20.8 Å². The normalized spacial score (nSPS) is 11.6. The second kappa shape index (κ2) is 7.36.